The van der Waals surface area contributed by atoms with Gasteiger partial charge in [0.05, 0.1) is 0 Å². The number of carbonyl (C=O) groups is 2. The Morgan fingerprint density at radius 3 is 2.96 bits per heavy atom. The number of para-hydroxylation sites is 1. The van der Waals surface area contributed by atoms with E-state index in [0.29, 0.717) is 6.42 Å². The molecule has 1 saturated heterocycles. The normalized spacial score (nSPS) is 47.4. The van der Waals surface area contributed by atoms with Gasteiger partial charge in [-0.1, -0.05) is 37.3 Å². The monoisotopic (exact) mass is 320 g/mol. The molecule has 122 valence electrons. The van der Waals surface area contributed by atoms with Crippen LogP contribution in [-0.2, 0) is 15.0 Å². The van der Waals surface area contributed by atoms with Crippen molar-refractivity contribution in [1.82, 2.24) is 4.90 Å². The molecule has 5 aliphatic rings. The molecule has 5 atom stereocenters. The summed E-state index contributed by atoms with van der Waals surface area (Å²) in [6.07, 6.45) is 6.09. The Labute approximate surface area is 140 Å². The van der Waals surface area contributed by atoms with E-state index in [4.69, 9.17) is 0 Å². The molecule has 24 heavy (non-hydrogen) atoms. The van der Waals surface area contributed by atoms with Crippen LogP contribution in [0.1, 0.15) is 25.3 Å². The van der Waals surface area contributed by atoms with E-state index in [9.17, 15) is 9.59 Å². The Balaban J connectivity index is 1.76. The van der Waals surface area contributed by atoms with Crippen molar-refractivity contribution >= 4 is 17.4 Å². The number of carbonyl (C=O) groups excluding carboxylic acids is 2. The Morgan fingerprint density at radius 2 is 2.08 bits per heavy atom. The van der Waals surface area contributed by atoms with Gasteiger partial charge >= 0.3 is 0 Å². The Morgan fingerprint density at radius 1 is 1.25 bits per heavy atom. The highest BCUT2D eigenvalue weighted by Gasteiger charge is 2.85. The molecule has 2 unspecified atom stereocenters. The van der Waals surface area contributed by atoms with Gasteiger partial charge in [-0.2, -0.15) is 0 Å². The van der Waals surface area contributed by atoms with Crippen molar-refractivity contribution in [2.45, 2.75) is 31.2 Å². The number of hydrogen-bond donors (Lipinski definition) is 1. The molecule has 3 aliphatic heterocycles. The van der Waals surface area contributed by atoms with Crippen LogP contribution in [0.3, 0.4) is 0 Å². The summed E-state index contributed by atoms with van der Waals surface area (Å²) < 4.78 is 0. The van der Waals surface area contributed by atoms with Gasteiger partial charge in [0.1, 0.15) is 5.41 Å². The van der Waals surface area contributed by atoms with Crippen molar-refractivity contribution in [1.29, 1.82) is 0 Å². The van der Waals surface area contributed by atoms with Gasteiger partial charge in [-0.15, -0.1) is 0 Å². The molecule has 4 heteroatoms. The van der Waals surface area contributed by atoms with Gasteiger partial charge in [0.2, 0.25) is 5.91 Å². The fraction of sp³-hybridized carbons (Fsp3) is 0.500. The number of anilines is 1. The predicted molar refractivity (Wildman–Crippen MR) is 89.5 cm³/mol. The van der Waals surface area contributed by atoms with E-state index < -0.39 is 5.41 Å². The van der Waals surface area contributed by atoms with Crippen LogP contribution in [0.15, 0.2) is 36.4 Å². The molecule has 2 saturated carbocycles. The number of amides is 1. The molecule has 2 aliphatic carbocycles. The fourth-order valence-electron chi connectivity index (χ4n) is 7.18. The van der Waals surface area contributed by atoms with E-state index in [1.807, 2.05) is 25.1 Å². The number of benzene rings is 1. The fourth-order valence-corrected chi connectivity index (χ4v) is 7.18. The number of nitrogens with zero attached hydrogens (tertiary/aromatic N) is 1. The maximum atomic E-state index is 13.5. The largest absolute Gasteiger partial charge is 0.325 e. The molecule has 3 heterocycles. The van der Waals surface area contributed by atoms with Crippen LogP contribution in [0.25, 0.3) is 0 Å². The molecule has 1 aromatic rings. The molecule has 1 aromatic carbocycles. The van der Waals surface area contributed by atoms with E-state index in [1.54, 1.807) is 0 Å². The van der Waals surface area contributed by atoms with Gasteiger partial charge in [-0.25, -0.2) is 0 Å². The van der Waals surface area contributed by atoms with Gasteiger partial charge in [0.15, 0.2) is 5.78 Å². The highest BCUT2D eigenvalue weighted by Crippen LogP contribution is 2.77. The second kappa shape index (κ2) is 3.67. The van der Waals surface area contributed by atoms with Crippen molar-refractivity contribution in [3.8, 4) is 0 Å². The summed E-state index contributed by atoms with van der Waals surface area (Å²) in [4.78, 5) is 29.3. The summed E-state index contributed by atoms with van der Waals surface area (Å²) in [6, 6.07) is 8.42. The lowest BCUT2D eigenvalue weighted by molar-refractivity contribution is -0.146. The lowest BCUT2D eigenvalue weighted by Gasteiger charge is -2.54. The first-order valence-corrected chi connectivity index (χ1v) is 8.95. The standard InChI is InChI=1S/C20H20N2O2/c1-12-15(23)20-11-18(12)7-4-9-22-10-8-19(20,16(18)22)13-5-2-3-6-14(13)21-17(20)24/h2-7,12,16H,8-11H2,1H3,(H,21,24)/t12?,16?,18-,19+,20+/m0/s1. The molecule has 0 aromatic heterocycles. The molecule has 2 bridgehead atoms. The Bertz CT molecular complexity index is 861. The second-order valence-corrected chi connectivity index (χ2v) is 8.30. The van der Waals surface area contributed by atoms with Crippen LogP contribution in [0.4, 0.5) is 5.69 Å². The quantitative estimate of drug-likeness (QED) is 0.588. The first-order valence-electron chi connectivity index (χ1n) is 8.95. The van der Waals surface area contributed by atoms with Gasteiger partial charge in [0.25, 0.3) is 0 Å². The number of rotatable bonds is 0. The molecule has 6 rings (SSSR count). The number of ketones is 1. The van der Waals surface area contributed by atoms with E-state index in [-0.39, 0.29) is 34.5 Å². The van der Waals surface area contributed by atoms with Crippen LogP contribution in [0.5, 0.6) is 0 Å². The summed E-state index contributed by atoms with van der Waals surface area (Å²) in [5.41, 5.74) is 0.692. The van der Waals surface area contributed by atoms with Crippen molar-refractivity contribution in [2.75, 3.05) is 18.4 Å². The van der Waals surface area contributed by atoms with Crippen molar-refractivity contribution < 1.29 is 9.59 Å². The molecule has 0 radical (unpaired) electrons. The van der Waals surface area contributed by atoms with Crippen LogP contribution >= 0.6 is 0 Å². The number of hydrogen-bond acceptors (Lipinski definition) is 3. The van der Waals surface area contributed by atoms with Crippen molar-refractivity contribution in [3.05, 3.63) is 42.0 Å². The lowest BCUT2D eigenvalue weighted by Crippen LogP contribution is -2.65. The van der Waals surface area contributed by atoms with Crippen molar-refractivity contribution in [3.63, 3.8) is 0 Å². The number of Topliss-reactive ketones (excluding diaryl/α,β-unsaturated/α-hetero) is 1. The maximum Gasteiger partial charge on any atom is 0.239 e. The molecule has 4 nitrogen and oxygen atoms in total. The SMILES string of the molecule is CC1C(=O)[C@@]23C[C@@]14C=CCN1CC[C@@]2(c2ccccc2NC3=O)C14. The minimum absolute atomic E-state index is 0.0559. The summed E-state index contributed by atoms with van der Waals surface area (Å²) in [6.45, 7) is 3.95. The highest BCUT2D eigenvalue weighted by atomic mass is 16.2. The van der Waals surface area contributed by atoms with E-state index >= 15 is 0 Å². The number of nitrogens with one attached hydrogen (secondary N) is 1. The van der Waals surface area contributed by atoms with Crippen LogP contribution in [0.2, 0.25) is 0 Å². The predicted octanol–water partition coefficient (Wildman–Crippen LogP) is 2.12. The van der Waals surface area contributed by atoms with E-state index in [2.05, 4.69) is 28.4 Å². The van der Waals surface area contributed by atoms with Crippen LogP contribution in [0, 0.1) is 16.7 Å². The molecule has 3 spiro atoms. The molecule has 1 N–H and O–H groups in total. The zero-order valence-corrected chi connectivity index (χ0v) is 13.7. The van der Waals surface area contributed by atoms with Crippen molar-refractivity contribution in [2.24, 2.45) is 16.7 Å². The topological polar surface area (TPSA) is 49.4 Å². The third kappa shape index (κ3) is 1.01. The van der Waals surface area contributed by atoms with Gasteiger partial charge in [0, 0.05) is 35.0 Å². The summed E-state index contributed by atoms with van der Waals surface area (Å²) in [5, 5.41) is 3.08. The zero-order chi connectivity index (χ0) is 16.3. The molecular formula is C20H20N2O2. The lowest BCUT2D eigenvalue weighted by atomic mass is 9.51. The third-order valence-electron chi connectivity index (χ3n) is 7.90. The minimum Gasteiger partial charge on any atom is -0.325 e. The average Bonchev–Trinajstić information content (AvgIpc) is 3.18. The van der Waals surface area contributed by atoms with Gasteiger partial charge in [-0.3, -0.25) is 14.5 Å². The molecule has 3 fully saturated rings. The summed E-state index contributed by atoms with van der Waals surface area (Å²) in [7, 11) is 0. The first kappa shape index (κ1) is 13.4. The number of fused-ring (bicyclic) bond motifs is 1. The molecular weight excluding hydrogens is 300 g/mol. The minimum atomic E-state index is -0.880. The third-order valence-corrected chi connectivity index (χ3v) is 7.90. The van der Waals surface area contributed by atoms with Gasteiger partial charge < -0.3 is 5.32 Å². The maximum absolute atomic E-state index is 13.5. The van der Waals surface area contributed by atoms with E-state index in [1.165, 1.54) is 5.56 Å². The Hall–Kier alpha value is -1.94. The van der Waals surface area contributed by atoms with Gasteiger partial charge in [-0.05, 0) is 31.0 Å². The van der Waals surface area contributed by atoms with Crippen LogP contribution < -0.4 is 5.32 Å². The zero-order valence-electron chi connectivity index (χ0n) is 13.7. The average molecular weight is 320 g/mol. The smallest absolute Gasteiger partial charge is 0.239 e. The first-order chi connectivity index (χ1) is 11.6. The van der Waals surface area contributed by atoms with E-state index in [0.717, 1.165) is 25.2 Å². The Kier molecular flexibility index (Phi) is 2.04. The summed E-state index contributed by atoms with van der Waals surface area (Å²) in [5.74, 6) is 0.0301. The summed E-state index contributed by atoms with van der Waals surface area (Å²) >= 11 is 0. The highest BCUT2D eigenvalue weighted by molar-refractivity contribution is 6.18. The van der Waals surface area contributed by atoms with Crippen LogP contribution in [-0.4, -0.2) is 35.7 Å². The molecule has 1 amide bonds. The second-order valence-electron chi connectivity index (χ2n) is 8.30.